The van der Waals surface area contributed by atoms with E-state index in [1.54, 1.807) is 52.7 Å². The maximum Gasteiger partial charge on any atom is 0.258 e. The fourth-order valence-corrected chi connectivity index (χ4v) is 5.08. The highest BCUT2D eigenvalue weighted by Gasteiger charge is 2.26. The molecule has 2 amide bonds. The zero-order valence-corrected chi connectivity index (χ0v) is 22.3. The second-order valence-corrected chi connectivity index (χ2v) is 10.1. The van der Waals surface area contributed by atoms with E-state index in [1.807, 2.05) is 24.3 Å². The number of pyridine rings is 2. The Kier molecular flexibility index (Phi) is 7.93. The van der Waals surface area contributed by atoms with Gasteiger partial charge in [0.15, 0.2) is 0 Å². The molecule has 1 aliphatic heterocycles. The van der Waals surface area contributed by atoms with Gasteiger partial charge in [-0.2, -0.15) is 0 Å². The van der Waals surface area contributed by atoms with Gasteiger partial charge in [-0.1, -0.05) is 6.07 Å². The van der Waals surface area contributed by atoms with Crippen molar-refractivity contribution in [1.29, 1.82) is 0 Å². The number of fused-ring (bicyclic) bond motifs is 2. The lowest BCUT2D eigenvalue weighted by atomic mass is 10.1. The van der Waals surface area contributed by atoms with Gasteiger partial charge in [-0.05, 0) is 80.4 Å². The largest absolute Gasteiger partial charge is 0.333 e. The third kappa shape index (κ3) is 5.96. The van der Waals surface area contributed by atoms with E-state index in [2.05, 4.69) is 28.7 Å². The van der Waals surface area contributed by atoms with Gasteiger partial charge in [0, 0.05) is 79.6 Å². The molecule has 0 radical (unpaired) electrons. The molecule has 4 aromatic rings. The zero-order valence-electron chi connectivity index (χ0n) is 22.3. The molecular weight excluding hydrogens is 493 g/mol. The molecule has 0 atom stereocenters. The van der Waals surface area contributed by atoms with Gasteiger partial charge in [0.05, 0.1) is 5.52 Å². The van der Waals surface area contributed by atoms with Gasteiger partial charge in [0.25, 0.3) is 11.8 Å². The third-order valence-corrected chi connectivity index (χ3v) is 7.22. The van der Waals surface area contributed by atoms with E-state index in [0.717, 1.165) is 23.9 Å². The molecule has 0 unspecified atom stereocenters. The number of benzene rings is 2. The summed E-state index contributed by atoms with van der Waals surface area (Å²) in [7, 11) is 0. The normalized spacial score (nSPS) is 15.2. The first-order valence-corrected chi connectivity index (χ1v) is 13.3. The van der Waals surface area contributed by atoms with E-state index in [1.165, 1.54) is 12.1 Å². The Labute approximate surface area is 227 Å². The van der Waals surface area contributed by atoms with Crippen LogP contribution < -0.4 is 4.90 Å². The molecule has 2 aromatic heterocycles. The van der Waals surface area contributed by atoms with Crippen molar-refractivity contribution in [2.75, 3.05) is 31.1 Å². The molecule has 0 spiro atoms. The highest BCUT2D eigenvalue weighted by molar-refractivity contribution is 6.06. The van der Waals surface area contributed by atoms with Crippen LogP contribution in [0.25, 0.3) is 10.9 Å². The maximum atomic E-state index is 14.6. The van der Waals surface area contributed by atoms with E-state index in [9.17, 15) is 14.0 Å². The smallest absolute Gasteiger partial charge is 0.258 e. The van der Waals surface area contributed by atoms with Crippen molar-refractivity contribution in [2.45, 2.75) is 32.9 Å². The molecule has 0 aliphatic carbocycles. The van der Waals surface area contributed by atoms with Crippen LogP contribution >= 0.6 is 0 Å². The van der Waals surface area contributed by atoms with Crippen molar-refractivity contribution in [3.05, 3.63) is 102 Å². The van der Waals surface area contributed by atoms with Crippen molar-refractivity contribution < 1.29 is 14.0 Å². The molecule has 200 valence electrons. The van der Waals surface area contributed by atoms with E-state index in [4.69, 9.17) is 0 Å². The second-order valence-electron chi connectivity index (χ2n) is 10.1. The summed E-state index contributed by atoms with van der Waals surface area (Å²) in [4.78, 5) is 41.8. The SMILES string of the molecule is CC(C)N1CCCN(C(=O)c2ccncc2)c2ccc(F)cc2CN(C(=O)c2ccc3ncccc3c2)CC1. The van der Waals surface area contributed by atoms with Gasteiger partial charge in [0.1, 0.15) is 5.82 Å². The molecule has 1 aliphatic rings. The fourth-order valence-electron chi connectivity index (χ4n) is 5.08. The summed E-state index contributed by atoms with van der Waals surface area (Å²) in [6.45, 7) is 6.80. The van der Waals surface area contributed by atoms with Crippen LogP contribution in [0.1, 0.15) is 46.5 Å². The van der Waals surface area contributed by atoms with Crippen LogP contribution in [0.15, 0.2) is 79.3 Å². The van der Waals surface area contributed by atoms with Gasteiger partial charge >= 0.3 is 0 Å². The van der Waals surface area contributed by atoms with E-state index >= 15 is 0 Å². The van der Waals surface area contributed by atoms with Crippen molar-refractivity contribution in [2.24, 2.45) is 0 Å². The van der Waals surface area contributed by atoms with Gasteiger partial charge < -0.3 is 9.80 Å². The minimum Gasteiger partial charge on any atom is -0.333 e. The highest BCUT2D eigenvalue weighted by atomic mass is 19.1. The summed E-state index contributed by atoms with van der Waals surface area (Å²) in [6, 6.07) is 17.3. The van der Waals surface area contributed by atoms with Crippen LogP contribution in [0, 0.1) is 5.82 Å². The van der Waals surface area contributed by atoms with E-state index < -0.39 is 5.82 Å². The fraction of sp³-hybridized carbons (Fsp3) is 0.290. The molecule has 8 heteroatoms. The van der Waals surface area contributed by atoms with Crippen LogP contribution in [0.5, 0.6) is 0 Å². The van der Waals surface area contributed by atoms with Gasteiger partial charge in [-0.15, -0.1) is 0 Å². The maximum absolute atomic E-state index is 14.6. The molecule has 0 saturated heterocycles. The molecule has 0 fully saturated rings. The van der Waals surface area contributed by atoms with E-state index in [0.29, 0.717) is 42.0 Å². The monoisotopic (exact) mass is 525 g/mol. The third-order valence-electron chi connectivity index (χ3n) is 7.22. The number of rotatable bonds is 3. The Morgan fingerprint density at radius 2 is 1.67 bits per heavy atom. The second kappa shape index (κ2) is 11.7. The van der Waals surface area contributed by atoms with Crippen molar-refractivity contribution in [1.82, 2.24) is 19.8 Å². The lowest BCUT2D eigenvalue weighted by Gasteiger charge is -2.30. The average Bonchev–Trinajstić information content (AvgIpc) is 2.99. The van der Waals surface area contributed by atoms with Gasteiger partial charge in [-0.25, -0.2) is 4.39 Å². The Morgan fingerprint density at radius 1 is 0.846 bits per heavy atom. The minimum absolute atomic E-state index is 0.147. The topological polar surface area (TPSA) is 69.6 Å². The summed E-state index contributed by atoms with van der Waals surface area (Å²) >= 11 is 0. The highest BCUT2D eigenvalue weighted by Crippen LogP contribution is 2.27. The summed E-state index contributed by atoms with van der Waals surface area (Å²) in [5.74, 6) is -0.737. The summed E-state index contributed by atoms with van der Waals surface area (Å²) in [5, 5.41) is 0.880. The van der Waals surface area contributed by atoms with Gasteiger partial charge in [0.2, 0.25) is 0 Å². The molecule has 3 heterocycles. The number of anilines is 1. The van der Waals surface area contributed by atoms with Crippen LogP contribution in [-0.2, 0) is 6.54 Å². The Bertz CT molecular complexity index is 1480. The van der Waals surface area contributed by atoms with E-state index in [-0.39, 0.29) is 24.4 Å². The zero-order chi connectivity index (χ0) is 27.4. The summed E-state index contributed by atoms with van der Waals surface area (Å²) < 4.78 is 14.6. The number of amides is 2. The van der Waals surface area contributed by atoms with Crippen LogP contribution in [0.4, 0.5) is 10.1 Å². The predicted molar refractivity (Wildman–Crippen MR) is 150 cm³/mol. The van der Waals surface area contributed by atoms with Crippen LogP contribution in [0.3, 0.4) is 0 Å². The number of carbonyl (C=O) groups excluding carboxylic acids is 2. The van der Waals surface area contributed by atoms with Crippen LogP contribution in [-0.4, -0.2) is 63.8 Å². The summed E-state index contributed by atoms with van der Waals surface area (Å²) in [5.41, 5.74) is 3.07. The Balaban J connectivity index is 1.55. The molecule has 7 nitrogen and oxygen atoms in total. The molecule has 5 rings (SSSR count). The lowest BCUT2D eigenvalue weighted by Crippen LogP contribution is -2.41. The molecule has 0 saturated carbocycles. The molecule has 2 aromatic carbocycles. The van der Waals surface area contributed by atoms with Crippen molar-refractivity contribution >= 4 is 28.4 Å². The number of nitrogens with zero attached hydrogens (tertiary/aromatic N) is 5. The Hall–Kier alpha value is -4.17. The summed E-state index contributed by atoms with van der Waals surface area (Å²) in [6.07, 6.45) is 5.64. The minimum atomic E-state index is -0.409. The van der Waals surface area contributed by atoms with Crippen molar-refractivity contribution in [3.8, 4) is 0 Å². The average molecular weight is 526 g/mol. The number of hydrogen-bond acceptors (Lipinski definition) is 5. The molecule has 0 bridgehead atoms. The molecule has 0 N–H and O–H groups in total. The lowest BCUT2D eigenvalue weighted by molar-refractivity contribution is 0.0711. The van der Waals surface area contributed by atoms with Crippen molar-refractivity contribution in [3.63, 3.8) is 0 Å². The number of halogens is 1. The standard InChI is InChI=1S/C31H32FN5O2/c1-22(2)35-15-4-16-37(31(39)23-10-13-33-14-11-23)29-9-7-27(32)20-26(29)21-36(18-17-35)30(38)25-6-8-28-24(19-25)5-3-12-34-28/h3,5-14,19-20,22H,4,15-18,21H2,1-2H3. The number of carbonyl (C=O) groups is 2. The van der Waals surface area contributed by atoms with Gasteiger partial charge in [-0.3, -0.25) is 24.5 Å². The first-order chi connectivity index (χ1) is 18.9. The predicted octanol–water partition coefficient (Wildman–Crippen LogP) is 5.17. The quantitative estimate of drug-likeness (QED) is 0.369. The molecule has 39 heavy (non-hydrogen) atoms. The first-order valence-electron chi connectivity index (χ1n) is 13.3. The number of hydrogen-bond donors (Lipinski definition) is 0. The number of aromatic nitrogens is 2. The molecular formula is C31H32FN5O2. The van der Waals surface area contributed by atoms with Crippen LogP contribution in [0.2, 0.25) is 0 Å². The Morgan fingerprint density at radius 3 is 2.46 bits per heavy atom. The first kappa shape index (κ1) is 26.4.